The van der Waals surface area contributed by atoms with Gasteiger partial charge in [0.1, 0.15) is 0 Å². The maximum Gasteiger partial charge on any atom is 0.274 e. The first kappa shape index (κ1) is 12.7. The smallest absolute Gasteiger partial charge is 0.274 e. The Hall–Kier alpha value is -1.35. The van der Waals surface area contributed by atoms with Gasteiger partial charge >= 0.3 is 0 Å². The van der Waals surface area contributed by atoms with E-state index in [1.807, 2.05) is 0 Å². The highest BCUT2D eigenvalue weighted by Gasteiger charge is 2.04. The van der Waals surface area contributed by atoms with Gasteiger partial charge in [0.15, 0.2) is 5.82 Å². The molecule has 0 aromatic rings. The Bertz CT molecular complexity index is 260. The Labute approximate surface area is 88.5 Å². The van der Waals surface area contributed by atoms with Gasteiger partial charge in [-0.2, -0.15) is 12.6 Å². The number of nitrogens with one attached hydrogen (secondary N) is 2. The summed E-state index contributed by atoms with van der Waals surface area (Å²) in [4.78, 5) is 9.68. The summed E-state index contributed by atoms with van der Waals surface area (Å²) >= 11 is 3.97. The lowest BCUT2D eigenvalue weighted by molar-refractivity contribution is -0.404. The van der Waals surface area contributed by atoms with Gasteiger partial charge in [0, 0.05) is 12.3 Å². The molecule has 14 heavy (non-hydrogen) atoms. The van der Waals surface area contributed by atoms with Crippen molar-refractivity contribution >= 4 is 12.6 Å². The first-order chi connectivity index (χ1) is 6.60. The molecule has 0 aromatic heterocycles. The van der Waals surface area contributed by atoms with Crippen molar-refractivity contribution in [1.29, 1.82) is 0 Å². The highest BCUT2D eigenvalue weighted by molar-refractivity contribution is 7.80. The van der Waals surface area contributed by atoms with Gasteiger partial charge in [-0.25, -0.2) is 0 Å². The summed E-state index contributed by atoms with van der Waals surface area (Å²) in [5.74, 6) is 3.30. The number of thiol groups is 1. The fourth-order valence-electron chi connectivity index (χ4n) is 0.705. The number of hydrogen-bond donors (Lipinski definition) is 3. The molecule has 2 N–H and O–H groups in total. The van der Waals surface area contributed by atoms with Crippen LogP contribution in [-0.4, -0.2) is 23.3 Å². The van der Waals surface area contributed by atoms with Crippen LogP contribution in [0.2, 0.25) is 0 Å². The van der Waals surface area contributed by atoms with E-state index in [1.54, 1.807) is 6.92 Å². The van der Waals surface area contributed by atoms with Crippen LogP contribution in [0.5, 0.6) is 0 Å². The standard InChI is InChI=1S/C8H13N3O2S/c1-3-7(2)10-8(6-11(12)13)9-4-5-14/h1,6-7,9-10,14H,4-5H2,2H3/b8-6+. The molecule has 6 heteroatoms. The Morgan fingerprint density at radius 2 is 2.50 bits per heavy atom. The Balaban J connectivity index is 4.26. The zero-order valence-corrected chi connectivity index (χ0v) is 8.75. The van der Waals surface area contributed by atoms with Crippen LogP contribution in [0, 0.1) is 22.5 Å². The van der Waals surface area contributed by atoms with Gasteiger partial charge < -0.3 is 10.6 Å². The number of terminal acetylenes is 1. The maximum atomic E-state index is 10.2. The van der Waals surface area contributed by atoms with E-state index >= 15 is 0 Å². The summed E-state index contributed by atoms with van der Waals surface area (Å²) in [5.41, 5.74) is 0. The summed E-state index contributed by atoms with van der Waals surface area (Å²) in [5, 5.41) is 15.8. The highest BCUT2D eigenvalue weighted by Crippen LogP contribution is 1.88. The fraction of sp³-hybridized carbons (Fsp3) is 0.500. The van der Waals surface area contributed by atoms with Crippen LogP contribution in [0.25, 0.3) is 0 Å². The predicted octanol–water partition coefficient (Wildman–Crippen LogP) is 0.193. The minimum absolute atomic E-state index is 0.256. The van der Waals surface area contributed by atoms with Gasteiger partial charge in [0.2, 0.25) is 0 Å². The van der Waals surface area contributed by atoms with E-state index in [2.05, 4.69) is 29.2 Å². The van der Waals surface area contributed by atoms with Crippen LogP contribution in [0.15, 0.2) is 12.0 Å². The Kier molecular flexibility index (Phi) is 6.41. The second-order valence-electron chi connectivity index (χ2n) is 2.51. The van der Waals surface area contributed by atoms with Crippen LogP contribution in [0.3, 0.4) is 0 Å². The van der Waals surface area contributed by atoms with Gasteiger partial charge in [0.05, 0.1) is 11.0 Å². The number of nitrogens with zero attached hydrogens (tertiary/aromatic N) is 1. The third-order valence-corrected chi connectivity index (χ3v) is 1.51. The molecule has 0 rings (SSSR count). The van der Waals surface area contributed by atoms with E-state index in [-0.39, 0.29) is 6.04 Å². The van der Waals surface area contributed by atoms with Crippen molar-refractivity contribution in [3.63, 3.8) is 0 Å². The lowest BCUT2D eigenvalue weighted by Gasteiger charge is -2.12. The van der Waals surface area contributed by atoms with Crippen LogP contribution in [0.1, 0.15) is 6.92 Å². The van der Waals surface area contributed by atoms with Crippen molar-refractivity contribution < 1.29 is 4.92 Å². The van der Waals surface area contributed by atoms with Crippen LogP contribution >= 0.6 is 12.6 Å². The van der Waals surface area contributed by atoms with Gasteiger partial charge in [-0.05, 0) is 6.92 Å². The van der Waals surface area contributed by atoms with Crippen LogP contribution in [0.4, 0.5) is 0 Å². The molecule has 0 bridgehead atoms. The topological polar surface area (TPSA) is 67.2 Å². The minimum Gasteiger partial charge on any atom is -0.366 e. The molecule has 78 valence electrons. The van der Waals surface area contributed by atoms with Crippen molar-refractivity contribution in [2.75, 3.05) is 12.3 Å². The van der Waals surface area contributed by atoms with Crippen LogP contribution < -0.4 is 10.6 Å². The molecule has 0 aliphatic rings. The van der Waals surface area contributed by atoms with Crippen molar-refractivity contribution in [2.24, 2.45) is 0 Å². The summed E-state index contributed by atoms with van der Waals surface area (Å²) in [6, 6.07) is -0.256. The van der Waals surface area contributed by atoms with E-state index in [9.17, 15) is 10.1 Å². The molecule has 0 fully saturated rings. The third-order valence-electron chi connectivity index (χ3n) is 1.28. The lowest BCUT2D eigenvalue weighted by atomic mass is 10.3. The lowest BCUT2D eigenvalue weighted by Crippen LogP contribution is -2.33. The van der Waals surface area contributed by atoms with Crippen molar-refractivity contribution in [3.8, 4) is 12.3 Å². The summed E-state index contributed by atoms with van der Waals surface area (Å²) in [6.45, 7) is 2.27. The summed E-state index contributed by atoms with van der Waals surface area (Å²) in [7, 11) is 0. The summed E-state index contributed by atoms with van der Waals surface area (Å²) in [6.07, 6.45) is 5.97. The van der Waals surface area contributed by atoms with E-state index in [1.165, 1.54) is 0 Å². The molecule has 0 saturated heterocycles. The largest absolute Gasteiger partial charge is 0.366 e. The monoisotopic (exact) mass is 215 g/mol. The molecule has 0 amide bonds. The maximum absolute atomic E-state index is 10.2. The number of hydrogen-bond acceptors (Lipinski definition) is 5. The van der Waals surface area contributed by atoms with Crippen molar-refractivity contribution in [2.45, 2.75) is 13.0 Å². The quantitative estimate of drug-likeness (QED) is 0.256. The first-order valence-electron chi connectivity index (χ1n) is 4.03. The molecule has 0 saturated carbocycles. The van der Waals surface area contributed by atoms with Crippen molar-refractivity contribution in [3.05, 3.63) is 22.1 Å². The molecule has 1 unspecified atom stereocenters. The van der Waals surface area contributed by atoms with Gasteiger partial charge in [0.25, 0.3) is 6.20 Å². The fourth-order valence-corrected chi connectivity index (χ4v) is 0.817. The normalized spacial score (nSPS) is 12.8. The van der Waals surface area contributed by atoms with Crippen molar-refractivity contribution in [1.82, 2.24) is 10.6 Å². The van der Waals surface area contributed by atoms with E-state index in [0.29, 0.717) is 18.1 Å². The molecular formula is C8H13N3O2S. The zero-order valence-electron chi connectivity index (χ0n) is 7.86. The SMILES string of the molecule is C#CC(C)N/C(=C/[N+](=O)[O-])NCCS. The third kappa shape index (κ3) is 6.20. The molecular weight excluding hydrogens is 202 g/mol. The molecule has 0 aliphatic carbocycles. The molecule has 0 aliphatic heterocycles. The number of nitro groups is 1. The van der Waals surface area contributed by atoms with Gasteiger partial charge in [-0.1, -0.05) is 5.92 Å². The molecule has 0 heterocycles. The van der Waals surface area contributed by atoms with E-state index < -0.39 is 4.92 Å². The second-order valence-corrected chi connectivity index (χ2v) is 2.96. The number of rotatable bonds is 6. The summed E-state index contributed by atoms with van der Waals surface area (Å²) < 4.78 is 0. The highest BCUT2D eigenvalue weighted by atomic mass is 32.1. The molecule has 0 radical (unpaired) electrons. The average molecular weight is 215 g/mol. The first-order valence-corrected chi connectivity index (χ1v) is 4.66. The van der Waals surface area contributed by atoms with E-state index in [4.69, 9.17) is 6.42 Å². The molecule has 5 nitrogen and oxygen atoms in total. The molecule has 0 spiro atoms. The predicted molar refractivity (Wildman–Crippen MR) is 58.4 cm³/mol. The average Bonchev–Trinajstić information content (AvgIpc) is 2.13. The second kappa shape index (κ2) is 7.09. The Morgan fingerprint density at radius 3 is 2.93 bits per heavy atom. The van der Waals surface area contributed by atoms with Gasteiger partial charge in [-0.3, -0.25) is 10.1 Å². The molecule has 1 atom stereocenters. The van der Waals surface area contributed by atoms with Crippen LogP contribution in [-0.2, 0) is 0 Å². The Morgan fingerprint density at radius 1 is 1.86 bits per heavy atom. The minimum atomic E-state index is -0.545. The molecule has 0 aromatic carbocycles. The zero-order chi connectivity index (χ0) is 11.0. The van der Waals surface area contributed by atoms with Gasteiger partial charge in [-0.15, -0.1) is 6.42 Å². The van der Waals surface area contributed by atoms with E-state index in [0.717, 1.165) is 6.20 Å².